The SMILES string of the molecule is N#CCCNC(=O)Cn1ncc(NCC2CC2)cc1=O. The van der Waals surface area contributed by atoms with Gasteiger partial charge in [0.1, 0.15) is 6.54 Å². The van der Waals surface area contributed by atoms with Crippen molar-refractivity contribution in [1.82, 2.24) is 15.1 Å². The van der Waals surface area contributed by atoms with E-state index in [-0.39, 0.29) is 31.0 Å². The molecule has 7 heteroatoms. The normalized spacial score (nSPS) is 13.6. The lowest BCUT2D eigenvalue weighted by molar-refractivity contribution is -0.121. The maximum Gasteiger partial charge on any atom is 0.269 e. The molecular formula is C13H17N5O2. The third-order valence-corrected chi connectivity index (χ3v) is 3.01. The molecule has 0 spiro atoms. The number of amides is 1. The van der Waals surface area contributed by atoms with Gasteiger partial charge in [-0.3, -0.25) is 9.59 Å². The summed E-state index contributed by atoms with van der Waals surface area (Å²) in [6.45, 7) is 1.01. The third-order valence-electron chi connectivity index (χ3n) is 3.01. The minimum atomic E-state index is -0.325. The lowest BCUT2D eigenvalue weighted by atomic mass is 10.4. The van der Waals surface area contributed by atoms with Crippen LogP contribution in [0.2, 0.25) is 0 Å². The fourth-order valence-corrected chi connectivity index (χ4v) is 1.68. The van der Waals surface area contributed by atoms with Crippen molar-refractivity contribution in [3.63, 3.8) is 0 Å². The van der Waals surface area contributed by atoms with Gasteiger partial charge in [-0.25, -0.2) is 4.68 Å². The molecule has 20 heavy (non-hydrogen) atoms. The first-order valence-electron chi connectivity index (χ1n) is 6.63. The number of carbonyl (C=O) groups is 1. The number of nitriles is 1. The van der Waals surface area contributed by atoms with Crippen LogP contribution in [-0.4, -0.2) is 28.8 Å². The lowest BCUT2D eigenvalue weighted by Crippen LogP contribution is -2.33. The monoisotopic (exact) mass is 275 g/mol. The maximum absolute atomic E-state index is 11.8. The lowest BCUT2D eigenvalue weighted by Gasteiger charge is -2.07. The number of rotatable bonds is 7. The molecule has 7 nitrogen and oxygen atoms in total. The topological polar surface area (TPSA) is 99.8 Å². The van der Waals surface area contributed by atoms with Gasteiger partial charge >= 0.3 is 0 Å². The summed E-state index contributed by atoms with van der Waals surface area (Å²) in [5, 5.41) is 18.0. The standard InChI is InChI=1S/C13H17N5O2/c14-4-1-5-15-12(19)9-18-13(20)6-11(8-17-18)16-7-10-2-3-10/h6,8,10,16H,1-3,5,7,9H2,(H,15,19). The Labute approximate surface area is 116 Å². The smallest absolute Gasteiger partial charge is 0.269 e. The van der Waals surface area contributed by atoms with Crippen LogP contribution in [0.1, 0.15) is 19.3 Å². The van der Waals surface area contributed by atoms with E-state index in [1.54, 1.807) is 6.20 Å². The summed E-state index contributed by atoms with van der Waals surface area (Å²) in [6, 6.07) is 3.37. The van der Waals surface area contributed by atoms with Gasteiger partial charge in [-0.05, 0) is 18.8 Å². The Balaban J connectivity index is 1.86. The van der Waals surface area contributed by atoms with Gasteiger partial charge in [-0.1, -0.05) is 0 Å². The van der Waals surface area contributed by atoms with Crippen LogP contribution in [-0.2, 0) is 11.3 Å². The van der Waals surface area contributed by atoms with Gasteiger partial charge in [0.2, 0.25) is 5.91 Å². The van der Waals surface area contributed by atoms with E-state index in [2.05, 4.69) is 15.7 Å². The minimum absolute atomic E-state index is 0.132. The molecule has 0 aliphatic heterocycles. The van der Waals surface area contributed by atoms with Crippen molar-refractivity contribution < 1.29 is 4.79 Å². The Hall–Kier alpha value is -2.36. The average molecular weight is 275 g/mol. The fraction of sp³-hybridized carbons (Fsp3) is 0.538. The highest BCUT2D eigenvalue weighted by Gasteiger charge is 2.20. The molecule has 0 atom stereocenters. The summed E-state index contributed by atoms with van der Waals surface area (Å²) in [5.74, 6) is 0.386. The Morgan fingerprint density at radius 2 is 2.35 bits per heavy atom. The molecule has 1 aliphatic rings. The van der Waals surface area contributed by atoms with Crippen LogP contribution in [0, 0.1) is 17.2 Å². The van der Waals surface area contributed by atoms with Crippen LogP contribution in [0.15, 0.2) is 17.1 Å². The Morgan fingerprint density at radius 1 is 1.55 bits per heavy atom. The molecule has 1 amide bonds. The van der Waals surface area contributed by atoms with Crippen LogP contribution >= 0.6 is 0 Å². The van der Waals surface area contributed by atoms with Gasteiger partial charge in [0.25, 0.3) is 5.56 Å². The molecular weight excluding hydrogens is 258 g/mol. The highest BCUT2D eigenvalue weighted by molar-refractivity contribution is 5.75. The average Bonchev–Trinajstić information content (AvgIpc) is 3.24. The van der Waals surface area contributed by atoms with Crippen molar-refractivity contribution in [1.29, 1.82) is 5.26 Å². The van der Waals surface area contributed by atoms with E-state index in [0.717, 1.165) is 11.2 Å². The number of nitrogens with one attached hydrogen (secondary N) is 2. The molecule has 0 saturated heterocycles. The first kappa shape index (κ1) is 14.1. The van der Waals surface area contributed by atoms with Gasteiger partial charge in [0.15, 0.2) is 0 Å². The van der Waals surface area contributed by atoms with Crippen LogP contribution in [0.3, 0.4) is 0 Å². The van der Waals surface area contributed by atoms with Crippen LogP contribution < -0.4 is 16.2 Å². The summed E-state index contributed by atoms with van der Waals surface area (Å²) in [5.41, 5.74) is 0.365. The third kappa shape index (κ3) is 4.39. The Kier molecular flexibility index (Phi) is 4.71. The van der Waals surface area contributed by atoms with E-state index in [0.29, 0.717) is 11.6 Å². The molecule has 1 heterocycles. The Morgan fingerprint density at radius 3 is 3.00 bits per heavy atom. The molecule has 0 radical (unpaired) electrons. The zero-order valence-corrected chi connectivity index (χ0v) is 11.1. The molecule has 1 saturated carbocycles. The van der Waals surface area contributed by atoms with Gasteiger partial charge in [-0.2, -0.15) is 10.4 Å². The molecule has 1 aromatic rings. The second-order valence-electron chi connectivity index (χ2n) is 4.82. The second-order valence-corrected chi connectivity index (χ2v) is 4.82. The van der Waals surface area contributed by atoms with E-state index in [4.69, 9.17) is 5.26 Å². The van der Waals surface area contributed by atoms with Crippen molar-refractivity contribution in [2.45, 2.75) is 25.8 Å². The number of hydrogen-bond donors (Lipinski definition) is 2. The van der Waals surface area contributed by atoms with Gasteiger partial charge in [0.05, 0.1) is 24.4 Å². The zero-order valence-electron chi connectivity index (χ0n) is 11.1. The Bertz CT molecular complexity index is 571. The van der Waals surface area contributed by atoms with Crippen LogP contribution in [0.25, 0.3) is 0 Å². The molecule has 1 aliphatic carbocycles. The van der Waals surface area contributed by atoms with E-state index in [9.17, 15) is 9.59 Å². The summed E-state index contributed by atoms with van der Waals surface area (Å²) >= 11 is 0. The fourth-order valence-electron chi connectivity index (χ4n) is 1.68. The number of hydrogen-bond acceptors (Lipinski definition) is 5. The zero-order chi connectivity index (χ0) is 14.4. The number of nitrogens with zero attached hydrogens (tertiary/aromatic N) is 3. The first-order valence-corrected chi connectivity index (χ1v) is 6.63. The predicted octanol–water partition coefficient (Wildman–Crippen LogP) is 0.0951. The van der Waals surface area contributed by atoms with E-state index < -0.39 is 0 Å². The number of aromatic nitrogens is 2. The number of anilines is 1. The predicted molar refractivity (Wildman–Crippen MR) is 73.0 cm³/mol. The first-order chi connectivity index (χ1) is 9.69. The molecule has 2 rings (SSSR count). The summed E-state index contributed by atoms with van der Waals surface area (Å²) in [7, 11) is 0. The molecule has 0 bridgehead atoms. The summed E-state index contributed by atoms with van der Waals surface area (Å²) in [4.78, 5) is 23.3. The highest BCUT2D eigenvalue weighted by atomic mass is 16.2. The molecule has 0 aromatic carbocycles. The minimum Gasteiger partial charge on any atom is -0.383 e. The number of carbonyl (C=O) groups excluding carboxylic acids is 1. The quantitative estimate of drug-likeness (QED) is 0.687. The van der Waals surface area contributed by atoms with Crippen molar-refractivity contribution in [2.75, 3.05) is 18.4 Å². The van der Waals surface area contributed by atoms with E-state index in [1.165, 1.54) is 18.9 Å². The summed E-state index contributed by atoms with van der Waals surface area (Å²) in [6.07, 6.45) is 4.27. The molecule has 1 aromatic heterocycles. The summed E-state index contributed by atoms with van der Waals surface area (Å²) < 4.78 is 1.10. The molecule has 2 N–H and O–H groups in total. The molecule has 0 unspecified atom stereocenters. The molecule has 1 fully saturated rings. The van der Waals surface area contributed by atoms with Gasteiger partial charge in [-0.15, -0.1) is 0 Å². The van der Waals surface area contributed by atoms with Crippen molar-refractivity contribution >= 4 is 11.6 Å². The van der Waals surface area contributed by atoms with E-state index >= 15 is 0 Å². The van der Waals surface area contributed by atoms with Gasteiger partial charge in [0, 0.05) is 19.2 Å². The maximum atomic E-state index is 11.8. The van der Waals surface area contributed by atoms with E-state index in [1.807, 2.05) is 6.07 Å². The van der Waals surface area contributed by atoms with Crippen LogP contribution in [0.4, 0.5) is 5.69 Å². The molecule has 106 valence electrons. The van der Waals surface area contributed by atoms with Crippen molar-refractivity contribution in [3.8, 4) is 6.07 Å². The van der Waals surface area contributed by atoms with Crippen molar-refractivity contribution in [3.05, 3.63) is 22.6 Å². The van der Waals surface area contributed by atoms with Gasteiger partial charge < -0.3 is 10.6 Å². The highest BCUT2D eigenvalue weighted by Crippen LogP contribution is 2.28. The van der Waals surface area contributed by atoms with Crippen LogP contribution in [0.5, 0.6) is 0 Å². The van der Waals surface area contributed by atoms with Crippen molar-refractivity contribution in [2.24, 2.45) is 5.92 Å². The second kappa shape index (κ2) is 6.70. The largest absolute Gasteiger partial charge is 0.383 e.